The van der Waals surface area contributed by atoms with Crippen molar-refractivity contribution < 1.29 is 9.85 Å². The van der Waals surface area contributed by atoms with Gasteiger partial charge in [0.05, 0.1) is 9.85 Å². The van der Waals surface area contributed by atoms with Crippen LogP contribution in [-0.4, -0.2) is 9.85 Å². The van der Waals surface area contributed by atoms with Gasteiger partial charge in [-0.05, 0) is 48.9 Å². The van der Waals surface area contributed by atoms with Gasteiger partial charge in [-0.1, -0.05) is 12.1 Å². The van der Waals surface area contributed by atoms with E-state index in [0.29, 0.717) is 0 Å². The number of rotatable bonds is 5. The van der Waals surface area contributed by atoms with E-state index in [1.54, 1.807) is 24.3 Å². The van der Waals surface area contributed by atoms with E-state index in [2.05, 4.69) is 0 Å². The molecule has 22 heavy (non-hydrogen) atoms. The van der Waals surface area contributed by atoms with Gasteiger partial charge in [0.1, 0.15) is 0 Å². The maximum atomic E-state index is 10.7. The van der Waals surface area contributed by atoms with Crippen molar-refractivity contribution in [1.29, 1.82) is 0 Å². The van der Waals surface area contributed by atoms with Gasteiger partial charge >= 0.3 is 0 Å². The molecule has 0 saturated heterocycles. The number of benzene rings is 2. The second kappa shape index (κ2) is 6.34. The Morgan fingerprint density at radius 3 is 1.41 bits per heavy atom. The van der Waals surface area contributed by atoms with Gasteiger partial charge in [-0.3, -0.25) is 20.2 Å². The van der Waals surface area contributed by atoms with Crippen LogP contribution in [0.3, 0.4) is 0 Å². The smallest absolute Gasteiger partial charge is 0.258 e. The van der Waals surface area contributed by atoms with E-state index in [4.69, 9.17) is 0 Å². The number of hydrogen-bond acceptors (Lipinski definition) is 4. The molecule has 114 valence electrons. The molecule has 0 radical (unpaired) electrons. The predicted molar refractivity (Wildman–Crippen MR) is 83.1 cm³/mol. The van der Waals surface area contributed by atoms with Gasteiger partial charge in [0.15, 0.2) is 0 Å². The van der Waals surface area contributed by atoms with Crippen molar-refractivity contribution in [2.75, 3.05) is 0 Å². The van der Waals surface area contributed by atoms with Gasteiger partial charge in [-0.15, -0.1) is 0 Å². The molecule has 2 aromatic rings. The molecule has 0 aliphatic heterocycles. The molecule has 0 atom stereocenters. The Balaban J connectivity index is 2.13. The quantitative estimate of drug-likeness (QED) is 0.619. The Bertz CT molecular complexity index is 677. The van der Waals surface area contributed by atoms with Gasteiger partial charge in [-0.25, -0.2) is 0 Å². The first-order valence-corrected chi connectivity index (χ1v) is 6.86. The van der Waals surface area contributed by atoms with Crippen LogP contribution in [0.25, 0.3) is 0 Å². The lowest BCUT2D eigenvalue weighted by molar-refractivity contribution is -0.385. The molecule has 0 bridgehead atoms. The third kappa shape index (κ3) is 3.46. The molecule has 0 aliphatic carbocycles. The summed E-state index contributed by atoms with van der Waals surface area (Å²) < 4.78 is 0. The Labute approximate surface area is 127 Å². The van der Waals surface area contributed by atoms with E-state index in [-0.39, 0.29) is 11.4 Å². The monoisotopic (exact) mass is 300 g/mol. The molecule has 0 aromatic heterocycles. The molecule has 2 aromatic carbocycles. The summed E-state index contributed by atoms with van der Waals surface area (Å²) in [5.74, 6) is 0. The zero-order valence-corrected chi connectivity index (χ0v) is 12.4. The Hall–Kier alpha value is -2.76. The average molecular weight is 300 g/mol. The maximum Gasteiger partial charge on any atom is 0.269 e. The van der Waals surface area contributed by atoms with Crippen molar-refractivity contribution in [1.82, 2.24) is 0 Å². The lowest BCUT2D eigenvalue weighted by atomic mass is 9.97. The van der Waals surface area contributed by atoms with Crippen LogP contribution in [-0.2, 0) is 12.8 Å². The lowest BCUT2D eigenvalue weighted by Gasteiger charge is -2.08. The van der Waals surface area contributed by atoms with E-state index in [1.165, 1.54) is 12.1 Å². The standard InChI is InChI=1S/C16H16N2O4/c1-11-9-15(17(19)20)7-5-13(11)3-4-14-6-8-16(18(21)22)10-12(14)2/h5-10H,3-4H2,1-2H3. The van der Waals surface area contributed by atoms with Crippen LogP contribution in [0.2, 0.25) is 0 Å². The topological polar surface area (TPSA) is 86.3 Å². The van der Waals surface area contributed by atoms with Crippen molar-refractivity contribution in [3.05, 3.63) is 78.9 Å². The highest BCUT2D eigenvalue weighted by Crippen LogP contribution is 2.21. The van der Waals surface area contributed by atoms with Crippen LogP contribution in [0.15, 0.2) is 36.4 Å². The first kappa shape index (κ1) is 15.6. The lowest BCUT2D eigenvalue weighted by Crippen LogP contribution is -1.98. The van der Waals surface area contributed by atoms with E-state index < -0.39 is 9.85 Å². The van der Waals surface area contributed by atoms with E-state index in [0.717, 1.165) is 35.1 Å². The molecule has 0 N–H and O–H groups in total. The largest absolute Gasteiger partial charge is 0.269 e. The molecule has 0 unspecified atom stereocenters. The summed E-state index contributed by atoms with van der Waals surface area (Å²) in [5.41, 5.74) is 4.04. The summed E-state index contributed by atoms with van der Waals surface area (Å²) in [6, 6.07) is 9.69. The van der Waals surface area contributed by atoms with Gasteiger partial charge in [-0.2, -0.15) is 0 Å². The number of nitrogens with zero attached hydrogens (tertiary/aromatic N) is 2. The average Bonchev–Trinajstić information content (AvgIpc) is 2.46. The number of nitro groups is 2. The molecule has 0 saturated carbocycles. The van der Waals surface area contributed by atoms with Crippen LogP contribution in [0.1, 0.15) is 22.3 Å². The van der Waals surface area contributed by atoms with Crippen LogP contribution in [0.4, 0.5) is 11.4 Å². The van der Waals surface area contributed by atoms with Crippen molar-refractivity contribution in [3.8, 4) is 0 Å². The van der Waals surface area contributed by atoms with Crippen molar-refractivity contribution in [2.24, 2.45) is 0 Å². The Morgan fingerprint density at radius 2 is 1.14 bits per heavy atom. The molecule has 0 fully saturated rings. The molecule has 0 aliphatic rings. The predicted octanol–water partition coefficient (Wildman–Crippen LogP) is 3.91. The van der Waals surface area contributed by atoms with Gasteiger partial charge in [0, 0.05) is 24.3 Å². The second-order valence-electron chi connectivity index (χ2n) is 5.24. The van der Waals surface area contributed by atoms with Crippen molar-refractivity contribution in [3.63, 3.8) is 0 Å². The highest BCUT2D eigenvalue weighted by Gasteiger charge is 2.10. The van der Waals surface area contributed by atoms with Gasteiger partial charge in [0.2, 0.25) is 0 Å². The van der Waals surface area contributed by atoms with Gasteiger partial charge < -0.3 is 0 Å². The number of hydrogen-bond donors (Lipinski definition) is 0. The highest BCUT2D eigenvalue weighted by atomic mass is 16.6. The summed E-state index contributed by atoms with van der Waals surface area (Å²) in [5, 5.41) is 21.5. The SMILES string of the molecule is Cc1cc([N+](=O)[O-])ccc1CCc1ccc([N+](=O)[O-])cc1C. The minimum absolute atomic E-state index is 0.0905. The van der Waals surface area contributed by atoms with E-state index in [9.17, 15) is 20.2 Å². The molecule has 6 nitrogen and oxygen atoms in total. The van der Waals surface area contributed by atoms with E-state index in [1.807, 2.05) is 13.8 Å². The highest BCUT2D eigenvalue weighted by molar-refractivity contribution is 5.41. The van der Waals surface area contributed by atoms with Crippen LogP contribution >= 0.6 is 0 Å². The molecular weight excluding hydrogens is 284 g/mol. The molecule has 6 heteroatoms. The van der Waals surface area contributed by atoms with Crippen LogP contribution < -0.4 is 0 Å². The van der Waals surface area contributed by atoms with Crippen LogP contribution in [0.5, 0.6) is 0 Å². The third-order valence-corrected chi connectivity index (χ3v) is 3.74. The Kier molecular flexibility index (Phi) is 4.50. The third-order valence-electron chi connectivity index (χ3n) is 3.74. The second-order valence-corrected chi connectivity index (χ2v) is 5.24. The Morgan fingerprint density at radius 1 is 0.773 bits per heavy atom. The molecule has 2 rings (SSSR count). The number of aryl methyl sites for hydroxylation is 4. The molecular formula is C16H16N2O4. The zero-order chi connectivity index (χ0) is 16.3. The fraction of sp³-hybridized carbons (Fsp3) is 0.250. The summed E-state index contributed by atoms with van der Waals surface area (Å²) >= 11 is 0. The minimum Gasteiger partial charge on any atom is -0.258 e. The molecule has 0 heterocycles. The van der Waals surface area contributed by atoms with Crippen molar-refractivity contribution >= 4 is 11.4 Å². The van der Waals surface area contributed by atoms with Crippen LogP contribution in [0, 0.1) is 34.1 Å². The number of non-ortho nitro benzene ring substituents is 2. The molecule has 0 spiro atoms. The maximum absolute atomic E-state index is 10.7. The van der Waals surface area contributed by atoms with Gasteiger partial charge in [0.25, 0.3) is 11.4 Å². The zero-order valence-electron chi connectivity index (χ0n) is 12.4. The normalized spacial score (nSPS) is 10.5. The summed E-state index contributed by atoms with van der Waals surface area (Å²) in [7, 11) is 0. The summed E-state index contributed by atoms with van der Waals surface area (Å²) in [6.45, 7) is 3.70. The van der Waals surface area contributed by atoms with Crippen molar-refractivity contribution in [2.45, 2.75) is 26.7 Å². The summed E-state index contributed by atoms with van der Waals surface area (Å²) in [4.78, 5) is 20.6. The first-order valence-electron chi connectivity index (χ1n) is 6.86. The molecule has 0 amide bonds. The van der Waals surface area contributed by atoms with E-state index >= 15 is 0 Å². The number of nitro benzene ring substituents is 2. The summed E-state index contributed by atoms with van der Waals surface area (Å²) in [6.07, 6.45) is 1.48. The fourth-order valence-corrected chi connectivity index (χ4v) is 2.42. The minimum atomic E-state index is -0.406. The fourth-order valence-electron chi connectivity index (χ4n) is 2.42. The first-order chi connectivity index (χ1) is 10.4.